The van der Waals surface area contributed by atoms with Crippen molar-refractivity contribution in [3.8, 4) is 17.1 Å². The number of primary sulfonamides is 1. The number of aryl methyl sites for hydroxylation is 1. The summed E-state index contributed by atoms with van der Waals surface area (Å²) in [4.78, 5) is 4.24. The van der Waals surface area contributed by atoms with Crippen molar-refractivity contribution in [2.45, 2.75) is 11.8 Å². The number of aromatic nitrogens is 3. The summed E-state index contributed by atoms with van der Waals surface area (Å²) in [6.45, 7) is 1.99. The van der Waals surface area contributed by atoms with Crippen molar-refractivity contribution in [3.05, 3.63) is 60.4 Å². The number of hydrogen-bond acceptors (Lipinski definition) is 4. The van der Waals surface area contributed by atoms with E-state index in [1.807, 2.05) is 31.2 Å². The third-order valence-electron chi connectivity index (χ3n) is 3.26. The van der Waals surface area contributed by atoms with E-state index in [0.717, 1.165) is 11.1 Å². The van der Waals surface area contributed by atoms with Crippen LogP contribution in [0.1, 0.15) is 5.56 Å². The molecule has 112 valence electrons. The SMILES string of the molecule is Cc1ccc(-c2ncnn2-c2ccccc2S(N)(=O)=O)cc1. The van der Waals surface area contributed by atoms with E-state index in [-0.39, 0.29) is 4.90 Å². The van der Waals surface area contributed by atoms with Crippen molar-refractivity contribution in [2.24, 2.45) is 5.14 Å². The molecule has 1 heterocycles. The molecule has 22 heavy (non-hydrogen) atoms. The number of rotatable bonds is 3. The third-order valence-corrected chi connectivity index (χ3v) is 4.22. The number of para-hydroxylation sites is 1. The molecule has 0 fully saturated rings. The Balaban J connectivity index is 2.20. The topological polar surface area (TPSA) is 90.9 Å². The molecule has 3 aromatic rings. The first-order chi connectivity index (χ1) is 10.5. The van der Waals surface area contributed by atoms with Crippen LogP contribution in [0.25, 0.3) is 17.1 Å². The lowest BCUT2D eigenvalue weighted by Gasteiger charge is -2.10. The van der Waals surface area contributed by atoms with Crippen molar-refractivity contribution in [3.63, 3.8) is 0 Å². The summed E-state index contributed by atoms with van der Waals surface area (Å²) >= 11 is 0. The van der Waals surface area contributed by atoms with E-state index in [4.69, 9.17) is 5.14 Å². The molecule has 0 bridgehead atoms. The maximum absolute atomic E-state index is 11.8. The normalized spacial score (nSPS) is 11.5. The highest BCUT2D eigenvalue weighted by atomic mass is 32.2. The molecule has 2 aromatic carbocycles. The molecule has 0 saturated carbocycles. The Bertz CT molecular complexity index is 915. The Kier molecular flexibility index (Phi) is 3.51. The summed E-state index contributed by atoms with van der Waals surface area (Å²) in [5.41, 5.74) is 2.34. The Labute approximate surface area is 128 Å². The van der Waals surface area contributed by atoms with Gasteiger partial charge in [-0.1, -0.05) is 42.0 Å². The van der Waals surface area contributed by atoms with Gasteiger partial charge < -0.3 is 0 Å². The Morgan fingerprint density at radius 1 is 1.05 bits per heavy atom. The van der Waals surface area contributed by atoms with E-state index >= 15 is 0 Å². The lowest BCUT2D eigenvalue weighted by Crippen LogP contribution is -2.16. The van der Waals surface area contributed by atoms with Gasteiger partial charge in [-0.15, -0.1) is 0 Å². The quantitative estimate of drug-likeness (QED) is 0.799. The van der Waals surface area contributed by atoms with Gasteiger partial charge in [0.25, 0.3) is 0 Å². The van der Waals surface area contributed by atoms with Crippen LogP contribution >= 0.6 is 0 Å². The minimum atomic E-state index is -3.85. The summed E-state index contributed by atoms with van der Waals surface area (Å²) in [6, 6.07) is 14.2. The van der Waals surface area contributed by atoms with Crippen LogP contribution in [0.15, 0.2) is 59.8 Å². The second-order valence-corrected chi connectivity index (χ2v) is 6.40. The van der Waals surface area contributed by atoms with Gasteiger partial charge in [0, 0.05) is 5.56 Å². The fourth-order valence-corrected chi connectivity index (χ4v) is 2.90. The van der Waals surface area contributed by atoms with Crippen LogP contribution < -0.4 is 5.14 Å². The maximum Gasteiger partial charge on any atom is 0.240 e. The van der Waals surface area contributed by atoms with E-state index in [1.165, 1.54) is 17.1 Å². The van der Waals surface area contributed by atoms with Crippen molar-refractivity contribution >= 4 is 10.0 Å². The molecule has 0 atom stereocenters. The summed E-state index contributed by atoms with van der Waals surface area (Å²) in [6.07, 6.45) is 1.38. The molecule has 6 nitrogen and oxygen atoms in total. The average molecular weight is 314 g/mol. The average Bonchev–Trinajstić information content (AvgIpc) is 2.96. The van der Waals surface area contributed by atoms with Crippen LogP contribution in [0, 0.1) is 6.92 Å². The summed E-state index contributed by atoms with van der Waals surface area (Å²) in [5, 5.41) is 9.43. The molecule has 0 aliphatic rings. The van der Waals surface area contributed by atoms with Crippen LogP contribution in [0.2, 0.25) is 0 Å². The number of sulfonamides is 1. The monoisotopic (exact) mass is 314 g/mol. The molecule has 7 heteroatoms. The zero-order valence-corrected chi connectivity index (χ0v) is 12.7. The van der Waals surface area contributed by atoms with Gasteiger partial charge in [-0.25, -0.2) is 23.2 Å². The molecule has 0 aliphatic heterocycles. The highest BCUT2D eigenvalue weighted by molar-refractivity contribution is 7.89. The summed E-state index contributed by atoms with van der Waals surface area (Å²) in [7, 11) is -3.85. The summed E-state index contributed by atoms with van der Waals surface area (Å²) in [5.74, 6) is 0.552. The van der Waals surface area contributed by atoms with Gasteiger partial charge in [-0.05, 0) is 19.1 Å². The van der Waals surface area contributed by atoms with Gasteiger partial charge in [-0.2, -0.15) is 5.10 Å². The Morgan fingerprint density at radius 3 is 2.41 bits per heavy atom. The minimum absolute atomic E-state index is 0.00821. The van der Waals surface area contributed by atoms with Crippen LogP contribution in [0.4, 0.5) is 0 Å². The van der Waals surface area contributed by atoms with Gasteiger partial charge in [0.2, 0.25) is 10.0 Å². The Hall–Kier alpha value is -2.51. The molecule has 0 radical (unpaired) electrons. The number of nitrogens with two attached hydrogens (primary N) is 1. The minimum Gasteiger partial charge on any atom is -0.225 e. The maximum atomic E-state index is 11.8. The Morgan fingerprint density at radius 2 is 1.73 bits per heavy atom. The van der Waals surface area contributed by atoms with E-state index in [9.17, 15) is 8.42 Å². The van der Waals surface area contributed by atoms with E-state index in [1.54, 1.807) is 18.2 Å². The highest BCUT2D eigenvalue weighted by Crippen LogP contribution is 2.24. The predicted molar refractivity (Wildman–Crippen MR) is 82.9 cm³/mol. The molecular formula is C15H14N4O2S. The standard InChI is InChI=1S/C15H14N4O2S/c1-11-6-8-12(9-7-11)15-17-10-18-19(15)13-4-2-3-5-14(13)22(16,20)21/h2-10H,1H3,(H2,16,20,21). The van der Waals surface area contributed by atoms with Crippen molar-refractivity contribution in [2.75, 3.05) is 0 Å². The molecule has 0 unspecified atom stereocenters. The van der Waals surface area contributed by atoms with E-state index in [2.05, 4.69) is 10.1 Å². The first kappa shape index (κ1) is 14.4. The molecule has 0 saturated heterocycles. The fraction of sp³-hybridized carbons (Fsp3) is 0.0667. The van der Waals surface area contributed by atoms with Crippen LogP contribution in [0.5, 0.6) is 0 Å². The predicted octanol–water partition coefficient (Wildman–Crippen LogP) is 1.89. The molecule has 0 amide bonds. The smallest absolute Gasteiger partial charge is 0.225 e. The zero-order chi connectivity index (χ0) is 15.7. The van der Waals surface area contributed by atoms with Crippen molar-refractivity contribution in [1.82, 2.24) is 14.8 Å². The van der Waals surface area contributed by atoms with Gasteiger partial charge >= 0.3 is 0 Å². The molecule has 2 N–H and O–H groups in total. The number of hydrogen-bond donors (Lipinski definition) is 1. The highest BCUT2D eigenvalue weighted by Gasteiger charge is 2.18. The number of benzene rings is 2. The second kappa shape index (κ2) is 5.36. The summed E-state index contributed by atoms with van der Waals surface area (Å²) < 4.78 is 25.0. The third kappa shape index (κ3) is 2.63. The lowest BCUT2D eigenvalue weighted by atomic mass is 10.1. The van der Waals surface area contributed by atoms with Crippen LogP contribution in [-0.4, -0.2) is 23.2 Å². The lowest BCUT2D eigenvalue weighted by molar-refractivity contribution is 0.596. The first-order valence-corrected chi connectivity index (χ1v) is 8.11. The largest absolute Gasteiger partial charge is 0.240 e. The van der Waals surface area contributed by atoms with Crippen LogP contribution in [0.3, 0.4) is 0 Å². The molecule has 3 rings (SSSR count). The van der Waals surface area contributed by atoms with Gasteiger partial charge in [0.1, 0.15) is 11.2 Å². The van der Waals surface area contributed by atoms with E-state index in [0.29, 0.717) is 11.5 Å². The molecule has 0 aliphatic carbocycles. The van der Waals surface area contributed by atoms with E-state index < -0.39 is 10.0 Å². The zero-order valence-electron chi connectivity index (χ0n) is 11.8. The molecule has 0 spiro atoms. The van der Waals surface area contributed by atoms with Gasteiger partial charge in [0.15, 0.2) is 5.82 Å². The molecular weight excluding hydrogens is 300 g/mol. The van der Waals surface area contributed by atoms with Crippen molar-refractivity contribution in [1.29, 1.82) is 0 Å². The van der Waals surface area contributed by atoms with Gasteiger partial charge in [0.05, 0.1) is 5.69 Å². The van der Waals surface area contributed by atoms with Gasteiger partial charge in [-0.3, -0.25) is 0 Å². The second-order valence-electron chi connectivity index (χ2n) is 4.87. The number of nitrogens with zero attached hydrogens (tertiary/aromatic N) is 3. The first-order valence-electron chi connectivity index (χ1n) is 6.56. The molecule has 1 aromatic heterocycles. The van der Waals surface area contributed by atoms with Crippen LogP contribution in [-0.2, 0) is 10.0 Å². The van der Waals surface area contributed by atoms with Crippen molar-refractivity contribution < 1.29 is 8.42 Å². The fourth-order valence-electron chi connectivity index (χ4n) is 2.19.